The van der Waals surface area contributed by atoms with Crippen LogP contribution in [0, 0.1) is 0 Å². The number of carbonyl (C=O) groups excluding carboxylic acids is 1. The summed E-state index contributed by atoms with van der Waals surface area (Å²) in [7, 11) is 0. The molecule has 0 radical (unpaired) electrons. The van der Waals surface area contributed by atoms with Gasteiger partial charge in [0, 0.05) is 17.7 Å². The number of aromatic hydroxyl groups is 4. The molecule has 2 heterocycles. The first kappa shape index (κ1) is 27.5. The first-order chi connectivity index (χ1) is 18.4. The second-order valence-electron chi connectivity index (χ2n) is 8.52. The van der Waals surface area contributed by atoms with Gasteiger partial charge in [0.05, 0.1) is 0 Å². The van der Waals surface area contributed by atoms with Crippen LogP contribution in [0.15, 0.2) is 39.5 Å². The van der Waals surface area contributed by atoms with Crippen molar-refractivity contribution in [3.63, 3.8) is 0 Å². The molecule has 0 spiro atoms. The van der Waals surface area contributed by atoms with Crippen LogP contribution in [-0.2, 0) is 19.1 Å². The van der Waals surface area contributed by atoms with E-state index < -0.39 is 101 Å². The SMILES string of the molecule is O=C(O)CC(=O)OC[C@H]1O[C@H](Oc2c(-c3ccc(O)c(O)c3)oc3cc(O)cc(O)c3c2=O)[C@H](O)[C@@H](O)[C@@H]1O. The third-order valence-electron chi connectivity index (χ3n) is 5.76. The minimum Gasteiger partial charge on any atom is -0.508 e. The lowest BCUT2D eigenvalue weighted by Crippen LogP contribution is -2.60. The predicted octanol–water partition coefficient (Wildman–Crippen LogP) is -0.513. The molecule has 0 aliphatic carbocycles. The summed E-state index contributed by atoms with van der Waals surface area (Å²) in [6.45, 7) is -0.762. The number of ether oxygens (including phenoxy) is 3. The van der Waals surface area contributed by atoms with Crippen LogP contribution in [0.3, 0.4) is 0 Å². The number of fused-ring (bicyclic) bond motifs is 1. The highest BCUT2D eigenvalue weighted by Gasteiger charge is 2.46. The molecule has 1 saturated heterocycles. The van der Waals surface area contributed by atoms with Gasteiger partial charge in [-0.2, -0.15) is 0 Å². The maximum atomic E-state index is 13.4. The van der Waals surface area contributed by atoms with Crippen LogP contribution >= 0.6 is 0 Å². The monoisotopic (exact) mass is 550 g/mol. The molecule has 8 N–H and O–H groups in total. The average Bonchev–Trinajstić information content (AvgIpc) is 2.85. The van der Waals surface area contributed by atoms with Crippen molar-refractivity contribution >= 4 is 22.9 Å². The molecule has 1 aliphatic rings. The van der Waals surface area contributed by atoms with E-state index in [1.54, 1.807) is 0 Å². The Morgan fingerprint density at radius 1 is 0.897 bits per heavy atom. The molecule has 2 aromatic carbocycles. The normalized spacial score (nSPS) is 22.9. The topological polar surface area (TPSA) is 254 Å². The van der Waals surface area contributed by atoms with Gasteiger partial charge in [0.25, 0.3) is 0 Å². The van der Waals surface area contributed by atoms with Crippen LogP contribution < -0.4 is 10.2 Å². The van der Waals surface area contributed by atoms with E-state index in [9.17, 15) is 50.1 Å². The smallest absolute Gasteiger partial charge is 0.317 e. The van der Waals surface area contributed by atoms with E-state index in [2.05, 4.69) is 0 Å². The number of hydrogen-bond donors (Lipinski definition) is 8. The fraction of sp³-hybridized carbons (Fsp3) is 0.292. The van der Waals surface area contributed by atoms with Crippen LogP contribution in [0.25, 0.3) is 22.3 Å². The number of phenolic OH excluding ortho intramolecular Hbond substituents is 4. The van der Waals surface area contributed by atoms with Gasteiger partial charge in [-0.05, 0) is 18.2 Å². The number of esters is 1. The summed E-state index contributed by atoms with van der Waals surface area (Å²) in [6, 6.07) is 5.14. The Kier molecular flexibility index (Phi) is 7.51. The maximum Gasteiger partial charge on any atom is 0.317 e. The first-order valence-corrected chi connectivity index (χ1v) is 11.2. The van der Waals surface area contributed by atoms with E-state index in [0.717, 1.165) is 24.3 Å². The molecule has 0 saturated carbocycles. The summed E-state index contributed by atoms with van der Waals surface area (Å²) in [5, 5.41) is 79.0. The zero-order valence-electron chi connectivity index (χ0n) is 19.6. The number of hydrogen-bond acceptors (Lipinski definition) is 14. The zero-order chi connectivity index (χ0) is 28.6. The Morgan fingerprint density at radius 3 is 2.28 bits per heavy atom. The molecular weight excluding hydrogens is 528 g/mol. The highest BCUT2D eigenvalue weighted by atomic mass is 16.7. The van der Waals surface area contributed by atoms with E-state index in [1.165, 1.54) is 6.07 Å². The number of aliphatic carboxylic acids is 1. The number of rotatable bonds is 7. The van der Waals surface area contributed by atoms with Crippen molar-refractivity contribution < 1.29 is 69.1 Å². The molecule has 0 unspecified atom stereocenters. The van der Waals surface area contributed by atoms with Gasteiger partial charge >= 0.3 is 11.9 Å². The molecule has 0 amide bonds. The van der Waals surface area contributed by atoms with Crippen molar-refractivity contribution in [1.82, 2.24) is 0 Å². The van der Waals surface area contributed by atoms with Crippen LogP contribution in [0.4, 0.5) is 0 Å². The quantitative estimate of drug-likeness (QED) is 0.105. The van der Waals surface area contributed by atoms with Crippen molar-refractivity contribution in [2.45, 2.75) is 37.1 Å². The van der Waals surface area contributed by atoms with Gasteiger partial charge in [0.15, 0.2) is 17.3 Å². The van der Waals surface area contributed by atoms with Crippen molar-refractivity contribution in [1.29, 1.82) is 0 Å². The van der Waals surface area contributed by atoms with E-state index in [0.29, 0.717) is 0 Å². The molecule has 0 bridgehead atoms. The van der Waals surface area contributed by atoms with Crippen LogP contribution in [0.5, 0.6) is 28.7 Å². The number of benzene rings is 2. The van der Waals surface area contributed by atoms with Gasteiger partial charge in [-0.25, -0.2) is 0 Å². The van der Waals surface area contributed by atoms with E-state index in [-0.39, 0.29) is 11.1 Å². The number of phenols is 4. The first-order valence-electron chi connectivity index (χ1n) is 11.2. The van der Waals surface area contributed by atoms with E-state index in [1.807, 2.05) is 0 Å². The third-order valence-corrected chi connectivity index (χ3v) is 5.76. The summed E-state index contributed by atoms with van der Waals surface area (Å²) in [5.41, 5.74) is -1.40. The van der Waals surface area contributed by atoms with E-state index >= 15 is 0 Å². The largest absolute Gasteiger partial charge is 0.508 e. The minimum absolute atomic E-state index is 0.0489. The van der Waals surface area contributed by atoms with Crippen molar-refractivity contribution in [2.24, 2.45) is 0 Å². The Hall–Kier alpha value is -4.57. The Bertz CT molecular complexity index is 1480. The van der Waals surface area contributed by atoms with Gasteiger partial charge < -0.3 is 59.5 Å². The molecule has 1 aromatic heterocycles. The highest BCUT2D eigenvalue weighted by molar-refractivity contribution is 5.90. The third kappa shape index (κ3) is 5.51. The van der Waals surface area contributed by atoms with E-state index in [4.69, 9.17) is 23.7 Å². The zero-order valence-corrected chi connectivity index (χ0v) is 19.6. The Labute approximate surface area is 216 Å². The Balaban J connectivity index is 1.76. The average molecular weight is 550 g/mol. The van der Waals surface area contributed by atoms with Gasteiger partial charge in [-0.3, -0.25) is 14.4 Å². The fourth-order valence-electron chi connectivity index (χ4n) is 3.85. The summed E-state index contributed by atoms with van der Waals surface area (Å²) in [5.74, 6) is -6.09. The van der Waals surface area contributed by atoms with Crippen molar-refractivity contribution in [3.05, 3.63) is 40.6 Å². The van der Waals surface area contributed by atoms with Crippen LogP contribution in [0.1, 0.15) is 6.42 Å². The molecular formula is C24H22O15. The molecule has 39 heavy (non-hydrogen) atoms. The number of carbonyl (C=O) groups is 2. The standard InChI is InChI=1S/C24H22O15/c25-9-4-12(28)17-13(5-9)37-22(8-1-2-10(26)11(27)3-8)23(19(17)33)39-24-21(35)20(34)18(32)14(38-24)7-36-16(31)6-15(29)30/h1-5,14,18,20-21,24-28,32,34-35H,6-7H2,(H,29,30)/t14-,18-,20+,21-,24-/m1/s1. The summed E-state index contributed by atoms with van der Waals surface area (Å²) in [4.78, 5) is 35.7. The number of aliphatic hydroxyl groups is 3. The lowest BCUT2D eigenvalue weighted by molar-refractivity contribution is -0.278. The molecule has 15 heteroatoms. The Morgan fingerprint density at radius 2 is 1.62 bits per heavy atom. The molecule has 3 aromatic rings. The van der Waals surface area contributed by atoms with Crippen LogP contribution in [-0.4, -0.2) is 90.1 Å². The molecule has 4 rings (SSSR count). The summed E-state index contributed by atoms with van der Waals surface area (Å²) < 4.78 is 21.4. The molecule has 5 atom stereocenters. The molecule has 1 fully saturated rings. The highest BCUT2D eigenvalue weighted by Crippen LogP contribution is 2.39. The molecule has 208 valence electrons. The predicted molar refractivity (Wildman–Crippen MR) is 125 cm³/mol. The minimum atomic E-state index is -1.99. The molecule has 1 aliphatic heterocycles. The summed E-state index contributed by atoms with van der Waals surface area (Å²) >= 11 is 0. The van der Waals surface area contributed by atoms with Crippen molar-refractivity contribution in [3.8, 4) is 40.1 Å². The van der Waals surface area contributed by atoms with Crippen LogP contribution in [0.2, 0.25) is 0 Å². The fourth-order valence-corrected chi connectivity index (χ4v) is 3.85. The second-order valence-corrected chi connectivity index (χ2v) is 8.52. The number of carboxylic acids is 1. The van der Waals surface area contributed by atoms with Gasteiger partial charge in [-0.1, -0.05) is 0 Å². The lowest BCUT2D eigenvalue weighted by Gasteiger charge is -2.39. The number of aliphatic hydroxyl groups excluding tert-OH is 3. The van der Waals surface area contributed by atoms with Gasteiger partial charge in [0.2, 0.25) is 17.5 Å². The summed E-state index contributed by atoms with van der Waals surface area (Å²) in [6.07, 6.45) is -10.2. The molecule has 15 nitrogen and oxygen atoms in total. The van der Waals surface area contributed by atoms with Crippen molar-refractivity contribution in [2.75, 3.05) is 6.61 Å². The second kappa shape index (κ2) is 10.7. The van der Waals surface area contributed by atoms with Gasteiger partial charge in [-0.15, -0.1) is 0 Å². The maximum absolute atomic E-state index is 13.4. The number of carboxylic acid groups (broad SMARTS) is 1. The van der Waals surface area contributed by atoms with Gasteiger partial charge in [0.1, 0.15) is 59.9 Å². The lowest BCUT2D eigenvalue weighted by atomic mass is 9.99.